The molecule has 0 radical (unpaired) electrons. The van der Waals surface area contributed by atoms with Crippen molar-refractivity contribution in [2.24, 2.45) is 16.8 Å². The lowest BCUT2D eigenvalue weighted by Gasteiger charge is -2.27. The number of aliphatic imine (C=N–C) groups is 1. The topological polar surface area (TPSA) is 41.5 Å². The van der Waals surface area contributed by atoms with Crippen LogP contribution in [0.2, 0.25) is 0 Å². The lowest BCUT2D eigenvalue weighted by Crippen LogP contribution is -2.32. The zero-order chi connectivity index (χ0) is 11.7. The van der Waals surface area contributed by atoms with E-state index in [9.17, 15) is 4.79 Å². The molecule has 96 valence electrons. The third kappa shape index (κ3) is 2.47. The second-order valence-corrected chi connectivity index (χ2v) is 4.76. The summed E-state index contributed by atoms with van der Waals surface area (Å²) in [6, 6.07) is 0. The Kier molecular flexibility index (Phi) is 4.15. The average Bonchev–Trinajstić information content (AvgIpc) is 2.39. The molecule has 0 bridgehead atoms. The molecule has 1 fully saturated rings. The fourth-order valence-electron chi connectivity index (χ4n) is 2.69. The third-order valence-electron chi connectivity index (χ3n) is 3.65. The summed E-state index contributed by atoms with van der Waals surface area (Å²) >= 11 is 0. The van der Waals surface area contributed by atoms with Gasteiger partial charge in [0, 0.05) is 11.5 Å². The Balaban J connectivity index is 0.00000120. The molecular weight excluding hydrogens is 248 g/mol. The molecule has 3 nitrogen and oxygen atoms in total. The number of amides is 1. The molecule has 0 saturated carbocycles. The highest BCUT2D eigenvalue weighted by Crippen LogP contribution is 2.28. The van der Waals surface area contributed by atoms with Gasteiger partial charge in [-0.3, -0.25) is 4.79 Å². The maximum atomic E-state index is 12.0. The minimum Gasteiger partial charge on any atom is -0.317 e. The highest BCUT2D eigenvalue weighted by Gasteiger charge is 2.28. The minimum atomic E-state index is -0.0249. The molecule has 0 aromatic heterocycles. The molecule has 0 aromatic rings. The zero-order valence-electron chi connectivity index (χ0n) is 10.1. The fourth-order valence-corrected chi connectivity index (χ4v) is 2.69. The van der Waals surface area contributed by atoms with Crippen LogP contribution in [0.25, 0.3) is 0 Å². The minimum absolute atomic E-state index is 0. The van der Waals surface area contributed by atoms with Gasteiger partial charge in [0.05, 0.1) is 5.71 Å². The van der Waals surface area contributed by atoms with Gasteiger partial charge in [-0.2, -0.15) is 0 Å². The number of fused-ring (bicyclic) bond motifs is 1. The molecule has 1 amide bonds. The summed E-state index contributed by atoms with van der Waals surface area (Å²) in [5.41, 5.74) is 1.82. The van der Waals surface area contributed by atoms with E-state index < -0.39 is 0 Å². The van der Waals surface area contributed by atoms with Crippen molar-refractivity contribution >= 4 is 24.0 Å². The van der Waals surface area contributed by atoms with Crippen LogP contribution in [0.1, 0.15) is 12.8 Å². The van der Waals surface area contributed by atoms with Crippen LogP contribution in [0.5, 0.6) is 0 Å². The van der Waals surface area contributed by atoms with Gasteiger partial charge < -0.3 is 5.32 Å². The summed E-state index contributed by atoms with van der Waals surface area (Å²) in [4.78, 5) is 16.2. The maximum Gasteiger partial charge on any atom is 0.273 e. The lowest BCUT2D eigenvalue weighted by molar-refractivity contribution is -0.115. The number of piperidine rings is 1. The molecular formula is C14H17ClN2O. The van der Waals surface area contributed by atoms with Gasteiger partial charge in [-0.1, -0.05) is 24.3 Å². The molecule has 2 heterocycles. The molecule has 1 saturated heterocycles. The molecule has 0 spiro atoms. The fraction of sp³-hybridized carbons (Fsp3) is 0.429. The number of nitrogens with one attached hydrogen (secondary N) is 1. The van der Waals surface area contributed by atoms with E-state index in [1.54, 1.807) is 0 Å². The van der Waals surface area contributed by atoms with Crippen molar-refractivity contribution < 1.29 is 4.79 Å². The smallest absolute Gasteiger partial charge is 0.273 e. The van der Waals surface area contributed by atoms with E-state index in [2.05, 4.69) is 22.5 Å². The summed E-state index contributed by atoms with van der Waals surface area (Å²) < 4.78 is 0. The van der Waals surface area contributed by atoms with E-state index in [1.807, 2.05) is 18.2 Å². The first-order valence-electron chi connectivity index (χ1n) is 6.25. The maximum absolute atomic E-state index is 12.0. The molecule has 1 atom stereocenters. The molecule has 3 aliphatic rings. The van der Waals surface area contributed by atoms with Gasteiger partial charge in [-0.15, -0.1) is 12.4 Å². The quantitative estimate of drug-likeness (QED) is 0.788. The van der Waals surface area contributed by atoms with Crippen molar-refractivity contribution in [1.82, 2.24) is 5.32 Å². The lowest BCUT2D eigenvalue weighted by atomic mass is 9.83. The summed E-state index contributed by atoms with van der Waals surface area (Å²) in [6.45, 7) is 2.01. The Morgan fingerprint density at radius 3 is 2.78 bits per heavy atom. The second kappa shape index (κ2) is 5.63. The average molecular weight is 265 g/mol. The Morgan fingerprint density at radius 1 is 1.22 bits per heavy atom. The third-order valence-corrected chi connectivity index (χ3v) is 3.65. The first-order valence-corrected chi connectivity index (χ1v) is 6.25. The number of halogens is 1. The highest BCUT2D eigenvalue weighted by atomic mass is 35.5. The molecule has 1 unspecified atom stereocenters. The van der Waals surface area contributed by atoms with E-state index in [4.69, 9.17) is 0 Å². The van der Waals surface area contributed by atoms with Crippen molar-refractivity contribution in [1.29, 1.82) is 0 Å². The number of carbonyl (C=O) groups is 1. The van der Waals surface area contributed by atoms with Crippen molar-refractivity contribution in [3.63, 3.8) is 0 Å². The number of rotatable bonds is 1. The summed E-state index contributed by atoms with van der Waals surface area (Å²) in [5, 5.41) is 3.33. The predicted octanol–water partition coefficient (Wildman–Crippen LogP) is 2.06. The molecule has 3 rings (SSSR count). The largest absolute Gasteiger partial charge is 0.317 e. The van der Waals surface area contributed by atoms with E-state index >= 15 is 0 Å². The van der Waals surface area contributed by atoms with E-state index in [0.717, 1.165) is 37.2 Å². The first-order chi connectivity index (χ1) is 8.34. The Morgan fingerprint density at radius 2 is 2.00 bits per heavy atom. The number of carbonyl (C=O) groups excluding carboxylic acids is 1. The molecule has 4 heteroatoms. The van der Waals surface area contributed by atoms with Gasteiger partial charge in [-0.05, 0) is 37.9 Å². The van der Waals surface area contributed by atoms with Gasteiger partial charge in [0.15, 0.2) is 0 Å². The van der Waals surface area contributed by atoms with Crippen LogP contribution in [-0.2, 0) is 4.79 Å². The van der Waals surface area contributed by atoms with Crippen LogP contribution >= 0.6 is 12.4 Å². The first kappa shape index (κ1) is 13.2. The normalized spacial score (nSPS) is 27.1. The number of dihydropyridines is 1. The predicted molar refractivity (Wildman–Crippen MR) is 75.1 cm³/mol. The molecule has 1 aliphatic carbocycles. The van der Waals surface area contributed by atoms with E-state index in [1.165, 1.54) is 0 Å². The Labute approximate surface area is 113 Å². The number of allylic oxidation sites excluding steroid dienone is 5. The summed E-state index contributed by atoms with van der Waals surface area (Å²) in [6.07, 6.45) is 12.2. The van der Waals surface area contributed by atoms with Gasteiger partial charge in [0.25, 0.3) is 5.91 Å². The Hall–Kier alpha value is -1.19. The van der Waals surface area contributed by atoms with E-state index in [-0.39, 0.29) is 24.2 Å². The zero-order valence-corrected chi connectivity index (χ0v) is 11.0. The van der Waals surface area contributed by atoms with Crippen molar-refractivity contribution in [3.05, 3.63) is 36.0 Å². The number of hydrogen-bond acceptors (Lipinski definition) is 2. The van der Waals surface area contributed by atoms with Crippen LogP contribution in [0, 0.1) is 11.8 Å². The SMILES string of the molecule is Cl.O=C1N=C2C=CC=CC2C=C1C1CCNCC1. The molecule has 2 aliphatic heterocycles. The Bertz CT molecular complexity index is 456. The monoisotopic (exact) mass is 264 g/mol. The van der Waals surface area contributed by atoms with Gasteiger partial charge in [-0.25, -0.2) is 4.99 Å². The summed E-state index contributed by atoms with van der Waals surface area (Å²) in [5.74, 6) is 0.582. The molecule has 0 aromatic carbocycles. The highest BCUT2D eigenvalue weighted by molar-refractivity contribution is 6.13. The van der Waals surface area contributed by atoms with Crippen LogP contribution in [0.15, 0.2) is 40.9 Å². The second-order valence-electron chi connectivity index (χ2n) is 4.76. The number of nitrogens with zero attached hydrogens (tertiary/aromatic N) is 1. The molecule has 1 N–H and O–H groups in total. The van der Waals surface area contributed by atoms with Gasteiger partial charge in [0.1, 0.15) is 0 Å². The number of hydrogen-bond donors (Lipinski definition) is 1. The molecule has 18 heavy (non-hydrogen) atoms. The van der Waals surface area contributed by atoms with Gasteiger partial charge >= 0.3 is 0 Å². The van der Waals surface area contributed by atoms with Crippen molar-refractivity contribution in [2.45, 2.75) is 12.8 Å². The van der Waals surface area contributed by atoms with E-state index in [0.29, 0.717) is 5.92 Å². The van der Waals surface area contributed by atoms with Crippen LogP contribution in [0.4, 0.5) is 0 Å². The summed E-state index contributed by atoms with van der Waals surface area (Å²) in [7, 11) is 0. The van der Waals surface area contributed by atoms with Crippen molar-refractivity contribution in [2.75, 3.05) is 13.1 Å². The van der Waals surface area contributed by atoms with Crippen LogP contribution in [-0.4, -0.2) is 24.7 Å². The van der Waals surface area contributed by atoms with Gasteiger partial charge in [0.2, 0.25) is 0 Å². The van der Waals surface area contributed by atoms with Crippen LogP contribution in [0.3, 0.4) is 0 Å². The van der Waals surface area contributed by atoms with Crippen molar-refractivity contribution in [3.8, 4) is 0 Å². The standard InChI is InChI=1S/C14H16N2O.ClH/c17-14-12(10-5-7-15-8-6-10)9-11-3-1-2-4-13(11)16-14;/h1-4,9-11,15H,5-8H2;1H. The van der Waals surface area contributed by atoms with Crippen LogP contribution < -0.4 is 5.32 Å².